The summed E-state index contributed by atoms with van der Waals surface area (Å²) in [5, 5.41) is 112. The lowest BCUT2D eigenvalue weighted by Crippen LogP contribution is -2.67. The fourth-order valence-corrected chi connectivity index (χ4v) is 5.17. The number of aliphatic hydroxyl groups is 11. The topological polar surface area (TPSA) is 287 Å². The molecular formula is C23H40O18. The Labute approximate surface area is 233 Å². The standard InChI is InChI=1S/C23H40O18/c1-6-11(28)20(41-22-16(33)13(30)8(27)5-36-22)18(10(3-25)37-6)39-23-17(34)19(14(31)9(2-24)38-23)40-21-15(32)12(29)7(26)4-35-21/h6-34H,2-5H2,1H3. The van der Waals surface area contributed by atoms with Crippen molar-refractivity contribution in [1.29, 1.82) is 0 Å². The van der Waals surface area contributed by atoms with Gasteiger partial charge in [-0.25, -0.2) is 0 Å². The molecule has 4 aliphatic rings. The van der Waals surface area contributed by atoms with Crippen molar-refractivity contribution < 1.29 is 89.3 Å². The minimum Gasteiger partial charge on any atom is -0.394 e. The van der Waals surface area contributed by atoms with Gasteiger partial charge in [-0.2, -0.15) is 0 Å². The SMILES string of the molecule is CC1OC(CO)C(OC2OC(CO)C(O)C(OC3OCC(O)C(O)C3O)C2O)C(OC2OCC(O)C(O)C2O)C1O. The van der Waals surface area contributed by atoms with Crippen LogP contribution in [0.5, 0.6) is 0 Å². The summed E-state index contributed by atoms with van der Waals surface area (Å²) in [6.45, 7) is -0.864. The zero-order valence-electron chi connectivity index (χ0n) is 22.0. The van der Waals surface area contributed by atoms with Gasteiger partial charge in [0, 0.05) is 0 Å². The normalized spacial score (nSPS) is 53.3. The van der Waals surface area contributed by atoms with Crippen LogP contribution >= 0.6 is 0 Å². The lowest BCUT2D eigenvalue weighted by atomic mass is 9.94. The highest BCUT2D eigenvalue weighted by molar-refractivity contribution is 4.97. The zero-order valence-corrected chi connectivity index (χ0v) is 22.0. The molecule has 0 bridgehead atoms. The molecule has 11 N–H and O–H groups in total. The van der Waals surface area contributed by atoms with Gasteiger partial charge in [-0.1, -0.05) is 0 Å². The Kier molecular flexibility index (Phi) is 11.3. The summed E-state index contributed by atoms with van der Waals surface area (Å²) >= 11 is 0. The molecule has 4 saturated heterocycles. The summed E-state index contributed by atoms with van der Waals surface area (Å²) in [5.41, 5.74) is 0. The van der Waals surface area contributed by atoms with Crippen molar-refractivity contribution in [2.45, 2.75) is 117 Å². The van der Waals surface area contributed by atoms with Crippen LogP contribution in [0.1, 0.15) is 6.92 Å². The first kappa shape index (κ1) is 33.2. The van der Waals surface area contributed by atoms with Crippen LogP contribution in [0.2, 0.25) is 0 Å². The van der Waals surface area contributed by atoms with Crippen molar-refractivity contribution in [3.8, 4) is 0 Å². The summed E-state index contributed by atoms with van der Waals surface area (Å²) in [4.78, 5) is 0. The molecule has 0 amide bonds. The highest BCUT2D eigenvalue weighted by Gasteiger charge is 2.54. The number of rotatable bonds is 8. The van der Waals surface area contributed by atoms with Crippen molar-refractivity contribution in [3.63, 3.8) is 0 Å². The van der Waals surface area contributed by atoms with Gasteiger partial charge in [-0.3, -0.25) is 0 Å². The molecule has 4 rings (SSSR count). The average Bonchev–Trinajstić information content (AvgIpc) is 2.95. The van der Waals surface area contributed by atoms with Crippen molar-refractivity contribution in [2.24, 2.45) is 0 Å². The minimum absolute atomic E-state index is 0.410. The molecule has 0 aromatic carbocycles. The lowest BCUT2D eigenvalue weighted by molar-refractivity contribution is -0.378. The smallest absolute Gasteiger partial charge is 0.187 e. The molecule has 4 heterocycles. The maximum atomic E-state index is 11.1. The molecule has 18 nitrogen and oxygen atoms in total. The van der Waals surface area contributed by atoms with E-state index in [4.69, 9.17) is 33.2 Å². The van der Waals surface area contributed by atoms with E-state index in [9.17, 15) is 56.2 Å². The number of hydrogen-bond acceptors (Lipinski definition) is 18. The van der Waals surface area contributed by atoms with E-state index in [2.05, 4.69) is 0 Å². The molecule has 240 valence electrons. The van der Waals surface area contributed by atoms with Crippen LogP contribution in [0, 0.1) is 0 Å². The van der Waals surface area contributed by atoms with E-state index in [1.807, 2.05) is 0 Å². The molecule has 0 aromatic rings. The quantitative estimate of drug-likeness (QED) is 0.123. The maximum Gasteiger partial charge on any atom is 0.187 e. The van der Waals surface area contributed by atoms with Crippen LogP contribution in [0.25, 0.3) is 0 Å². The van der Waals surface area contributed by atoms with Gasteiger partial charge < -0.3 is 89.3 Å². The Morgan fingerprint density at radius 2 is 1.00 bits per heavy atom. The molecule has 4 fully saturated rings. The van der Waals surface area contributed by atoms with Crippen LogP contribution < -0.4 is 0 Å². The highest BCUT2D eigenvalue weighted by atomic mass is 16.8. The van der Waals surface area contributed by atoms with Gasteiger partial charge in [-0.05, 0) is 6.92 Å². The van der Waals surface area contributed by atoms with Gasteiger partial charge in [-0.15, -0.1) is 0 Å². The monoisotopic (exact) mass is 604 g/mol. The first-order chi connectivity index (χ1) is 19.4. The molecule has 18 atom stereocenters. The zero-order chi connectivity index (χ0) is 30.2. The van der Waals surface area contributed by atoms with Gasteiger partial charge in [0.15, 0.2) is 18.9 Å². The molecule has 18 heteroatoms. The fraction of sp³-hybridized carbons (Fsp3) is 1.00. The van der Waals surface area contributed by atoms with Crippen LogP contribution in [0.15, 0.2) is 0 Å². The van der Waals surface area contributed by atoms with Crippen LogP contribution in [0.4, 0.5) is 0 Å². The van der Waals surface area contributed by atoms with Gasteiger partial charge >= 0.3 is 0 Å². The fourth-order valence-electron chi connectivity index (χ4n) is 5.17. The summed E-state index contributed by atoms with van der Waals surface area (Å²) < 4.78 is 38.7. The third-order valence-electron chi connectivity index (χ3n) is 7.68. The van der Waals surface area contributed by atoms with Gasteiger partial charge in [0.05, 0.1) is 32.5 Å². The first-order valence-corrected chi connectivity index (χ1v) is 13.2. The van der Waals surface area contributed by atoms with Gasteiger partial charge in [0.1, 0.15) is 85.5 Å². The van der Waals surface area contributed by atoms with E-state index in [0.717, 1.165) is 0 Å². The van der Waals surface area contributed by atoms with Crippen molar-refractivity contribution in [3.05, 3.63) is 0 Å². The van der Waals surface area contributed by atoms with E-state index in [1.54, 1.807) is 0 Å². The van der Waals surface area contributed by atoms with E-state index in [1.165, 1.54) is 6.92 Å². The van der Waals surface area contributed by atoms with Crippen LogP contribution in [-0.2, 0) is 33.2 Å². The van der Waals surface area contributed by atoms with Crippen LogP contribution in [-0.4, -0.2) is 193 Å². The minimum atomic E-state index is -1.88. The molecule has 41 heavy (non-hydrogen) atoms. The predicted octanol–water partition coefficient (Wildman–Crippen LogP) is -7.40. The molecule has 18 unspecified atom stereocenters. The molecule has 0 aromatic heterocycles. The summed E-state index contributed by atoms with van der Waals surface area (Å²) in [6, 6.07) is 0. The Bertz CT molecular complexity index is 823. The second-order valence-corrected chi connectivity index (χ2v) is 10.6. The van der Waals surface area contributed by atoms with E-state index >= 15 is 0 Å². The van der Waals surface area contributed by atoms with Crippen molar-refractivity contribution in [1.82, 2.24) is 0 Å². The van der Waals surface area contributed by atoms with Crippen molar-refractivity contribution >= 4 is 0 Å². The predicted molar refractivity (Wildman–Crippen MR) is 125 cm³/mol. The second-order valence-electron chi connectivity index (χ2n) is 10.6. The molecule has 4 aliphatic heterocycles. The number of hydrogen-bond donors (Lipinski definition) is 11. The summed E-state index contributed by atoms with van der Waals surface area (Å²) in [6.07, 6.45) is -27.8. The van der Waals surface area contributed by atoms with Gasteiger partial charge in [0.2, 0.25) is 0 Å². The molecule has 0 saturated carbocycles. The third kappa shape index (κ3) is 6.85. The molecule has 0 aliphatic carbocycles. The Morgan fingerprint density at radius 1 is 0.512 bits per heavy atom. The largest absolute Gasteiger partial charge is 0.394 e. The van der Waals surface area contributed by atoms with E-state index in [0.29, 0.717) is 0 Å². The van der Waals surface area contributed by atoms with Crippen LogP contribution in [0.3, 0.4) is 0 Å². The average molecular weight is 605 g/mol. The third-order valence-corrected chi connectivity index (χ3v) is 7.68. The first-order valence-electron chi connectivity index (χ1n) is 13.2. The number of ether oxygens (including phenoxy) is 7. The van der Waals surface area contributed by atoms with Gasteiger partial charge in [0.25, 0.3) is 0 Å². The summed E-state index contributed by atoms with van der Waals surface area (Å²) in [5.74, 6) is 0. The highest BCUT2D eigenvalue weighted by Crippen LogP contribution is 2.34. The van der Waals surface area contributed by atoms with Crippen molar-refractivity contribution in [2.75, 3.05) is 26.4 Å². The lowest BCUT2D eigenvalue weighted by Gasteiger charge is -2.49. The molecular weight excluding hydrogens is 564 g/mol. The second kappa shape index (κ2) is 13.9. The number of aliphatic hydroxyl groups excluding tert-OH is 11. The Balaban J connectivity index is 1.54. The Morgan fingerprint density at radius 3 is 1.51 bits per heavy atom. The van der Waals surface area contributed by atoms with E-state index in [-0.39, 0.29) is 0 Å². The van der Waals surface area contributed by atoms with E-state index < -0.39 is 137 Å². The molecule has 0 spiro atoms. The Hall–Kier alpha value is -0.720. The maximum absolute atomic E-state index is 11.1. The molecule has 0 radical (unpaired) electrons. The summed E-state index contributed by atoms with van der Waals surface area (Å²) in [7, 11) is 0.